The van der Waals surface area contributed by atoms with Crippen LogP contribution in [0.3, 0.4) is 0 Å². The first-order chi connectivity index (χ1) is 9.69. The molecule has 1 fully saturated rings. The lowest BCUT2D eigenvalue weighted by molar-refractivity contribution is 0.240. The average Bonchev–Trinajstić information content (AvgIpc) is 2.37. The fourth-order valence-electron chi connectivity index (χ4n) is 1.81. The smallest absolute Gasteiger partial charge is 0.319 e. The Kier molecular flexibility index (Phi) is 4.97. The van der Waals surface area contributed by atoms with Gasteiger partial charge in [-0.15, -0.1) is 0 Å². The van der Waals surface area contributed by atoms with E-state index in [1.54, 1.807) is 6.07 Å². The summed E-state index contributed by atoms with van der Waals surface area (Å²) in [5, 5.41) is 13.9. The Bertz CT molecular complexity index is 545. The number of anilines is 1. The lowest BCUT2D eigenvalue weighted by Gasteiger charge is -2.26. The minimum absolute atomic E-state index is 0.0174. The standard InChI is InChI=1S/C15H17FN2O2/c16-13-10-11(4-1-2-9-19)7-8-14(13)18-15(20)17-12-5-3-6-12/h7-8,10,12,19H,2-3,5-6,9H2,(H2,17,18,20). The van der Waals surface area contributed by atoms with Gasteiger partial charge in [-0.2, -0.15) is 0 Å². The maximum atomic E-state index is 13.8. The molecule has 0 spiro atoms. The fraction of sp³-hybridized carbons (Fsp3) is 0.400. The van der Waals surface area contributed by atoms with Crippen LogP contribution in [0.1, 0.15) is 31.2 Å². The van der Waals surface area contributed by atoms with Crippen molar-refractivity contribution in [2.45, 2.75) is 31.7 Å². The molecule has 1 aliphatic rings. The van der Waals surface area contributed by atoms with Gasteiger partial charge < -0.3 is 15.7 Å². The van der Waals surface area contributed by atoms with Crippen LogP contribution in [0.4, 0.5) is 14.9 Å². The number of hydrogen-bond donors (Lipinski definition) is 3. The molecule has 4 nitrogen and oxygen atoms in total. The largest absolute Gasteiger partial charge is 0.395 e. The first-order valence-electron chi connectivity index (χ1n) is 6.66. The number of nitrogens with one attached hydrogen (secondary N) is 2. The summed E-state index contributed by atoms with van der Waals surface area (Å²) < 4.78 is 13.8. The molecule has 3 N–H and O–H groups in total. The second kappa shape index (κ2) is 6.92. The molecular weight excluding hydrogens is 259 g/mol. The summed E-state index contributed by atoms with van der Waals surface area (Å²) in [6.45, 7) is -0.0174. The molecule has 1 aromatic carbocycles. The minimum atomic E-state index is -0.524. The van der Waals surface area contributed by atoms with Crippen molar-refractivity contribution in [3.05, 3.63) is 29.6 Å². The van der Waals surface area contributed by atoms with Crippen LogP contribution in [-0.2, 0) is 0 Å². The number of urea groups is 1. The van der Waals surface area contributed by atoms with E-state index in [1.807, 2.05) is 0 Å². The number of carbonyl (C=O) groups is 1. The number of aliphatic hydroxyl groups excluding tert-OH is 1. The Morgan fingerprint density at radius 3 is 2.85 bits per heavy atom. The van der Waals surface area contributed by atoms with Crippen LogP contribution in [0, 0.1) is 17.7 Å². The minimum Gasteiger partial charge on any atom is -0.395 e. The molecule has 2 rings (SSSR count). The highest BCUT2D eigenvalue weighted by Crippen LogP contribution is 2.19. The van der Waals surface area contributed by atoms with Crippen molar-refractivity contribution in [1.82, 2.24) is 5.32 Å². The van der Waals surface area contributed by atoms with E-state index in [1.165, 1.54) is 12.1 Å². The molecule has 1 aromatic rings. The molecular formula is C15H17FN2O2. The van der Waals surface area contributed by atoms with E-state index < -0.39 is 5.82 Å². The van der Waals surface area contributed by atoms with Gasteiger partial charge in [0.05, 0.1) is 12.3 Å². The fourth-order valence-corrected chi connectivity index (χ4v) is 1.81. The Balaban J connectivity index is 1.95. The summed E-state index contributed by atoms with van der Waals surface area (Å²) >= 11 is 0. The van der Waals surface area contributed by atoms with E-state index in [2.05, 4.69) is 22.5 Å². The highest BCUT2D eigenvalue weighted by molar-refractivity contribution is 5.89. The van der Waals surface area contributed by atoms with Crippen molar-refractivity contribution in [2.75, 3.05) is 11.9 Å². The van der Waals surface area contributed by atoms with Gasteiger partial charge in [-0.25, -0.2) is 9.18 Å². The SMILES string of the molecule is O=C(Nc1ccc(C#CCCO)cc1F)NC1CCC1. The Morgan fingerprint density at radius 2 is 2.25 bits per heavy atom. The number of carbonyl (C=O) groups excluding carboxylic acids is 1. The zero-order chi connectivity index (χ0) is 14.4. The van der Waals surface area contributed by atoms with Gasteiger partial charge in [-0.05, 0) is 37.5 Å². The summed E-state index contributed by atoms with van der Waals surface area (Å²) in [7, 11) is 0. The molecule has 0 aliphatic heterocycles. The van der Waals surface area contributed by atoms with E-state index in [-0.39, 0.29) is 24.4 Å². The highest BCUT2D eigenvalue weighted by atomic mass is 19.1. The molecule has 0 bridgehead atoms. The van der Waals surface area contributed by atoms with Crippen LogP contribution in [0.25, 0.3) is 0 Å². The first kappa shape index (κ1) is 14.4. The third-order valence-electron chi connectivity index (χ3n) is 3.13. The second-order valence-corrected chi connectivity index (χ2v) is 4.70. The van der Waals surface area contributed by atoms with E-state index in [0.717, 1.165) is 19.3 Å². The monoisotopic (exact) mass is 276 g/mol. The van der Waals surface area contributed by atoms with Gasteiger partial charge in [0.2, 0.25) is 0 Å². The Labute approximate surface area is 117 Å². The normalized spacial score (nSPS) is 13.9. The van der Waals surface area contributed by atoms with Gasteiger partial charge >= 0.3 is 6.03 Å². The molecule has 1 aliphatic carbocycles. The molecule has 0 aromatic heterocycles. The highest BCUT2D eigenvalue weighted by Gasteiger charge is 2.19. The summed E-state index contributed by atoms with van der Waals surface area (Å²) in [5.41, 5.74) is 0.649. The van der Waals surface area contributed by atoms with Crippen molar-refractivity contribution in [2.24, 2.45) is 0 Å². The van der Waals surface area contributed by atoms with E-state index in [9.17, 15) is 9.18 Å². The van der Waals surface area contributed by atoms with Crippen molar-refractivity contribution in [3.8, 4) is 11.8 Å². The number of halogens is 1. The van der Waals surface area contributed by atoms with Crippen molar-refractivity contribution >= 4 is 11.7 Å². The number of amides is 2. The number of benzene rings is 1. The molecule has 0 heterocycles. The van der Waals surface area contributed by atoms with Crippen molar-refractivity contribution < 1.29 is 14.3 Å². The Morgan fingerprint density at radius 1 is 1.45 bits per heavy atom. The molecule has 0 unspecified atom stereocenters. The molecule has 0 radical (unpaired) electrons. The van der Waals surface area contributed by atoms with E-state index in [0.29, 0.717) is 12.0 Å². The molecule has 106 valence electrons. The Hall–Kier alpha value is -2.06. The quantitative estimate of drug-likeness (QED) is 0.741. The van der Waals surface area contributed by atoms with Crippen LogP contribution >= 0.6 is 0 Å². The van der Waals surface area contributed by atoms with E-state index >= 15 is 0 Å². The predicted molar refractivity (Wildman–Crippen MR) is 74.8 cm³/mol. The second-order valence-electron chi connectivity index (χ2n) is 4.70. The molecule has 5 heteroatoms. The van der Waals surface area contributed by atoms with Gasteiger partial charge in [0.15, 0.2) is 0 Å². The van der Waals surface area contributed by atoms with Crippen LogP contribution in [0.15, 0.2) is 18.2 Å². The average molecular weight is 276 g/mol. The number of rotatable bonds is 3. The topological polar surface area (TPSA) is 61.4 Å². The third kappa shape index (κ3) is 3.97. The molecule has 2 amide bonds. The van der Waals surface area contributed by atoms with E-state index in [4.69, 9.17) is 5.11 Å². The van der Waals surface area contributed by atoms with Crippen LogP contribution < -0.4 is 10.6 Å². The third-order valence-corrected chi connectivity index (χ3v) is 3.13. The molecule has 0 saturated heterocycles. The van der Waals surface area contributed by atoms with Gasteiger partial charge in [0.1, 0.15) is 5.82 Å². The van der Waals surface area contributed by atoms with Gasteiger partial charge in [0, 0.05) is 18.0 Å². The maximum Gasteiger partial charge on any atom is 0.319 e. The van der Waals surface area contributed by atoms with Gasteiger partial charge in [-0.3, -0.25) is 0 Å². The number of hydrogen-bond acceptors (Lipinski definition) is 2. The summed E-state index contributed by atoms with van der Waals surface area (Å²) in [6, 6.07) is 4.21. The van der Waals surface area contributed by atoms with Crippen LogP contribution in [-0.4, -0.2) is 23.8 Å². The lowest BCUT2D eigenvalue weighted by Crippen LogP contribution is -2.41. The molecule has 1 saturated carbocycles. The predicted octanol–water partition coefficient (Wildman–Crippen LogP) is 2.23. The number of aliphatic hydroxyl groups is 1. The zero-order valence-corrected chi connectivity index (χ0v) is 11.1. The summed E-state index contributed by atoms with van der Waals surface area (Å²) in [5.74, 6) is 4.93. The molecule has 0 atom stereocenters. The van der Waals surface area contributed by atoms with Gasteiger partial charge in [0.25, 0.3) is 0 Å². The summed E-state index contributed by atoms with van der Waals surface area (Å²) in [6.07, 6.45) is 3.44. The van der Waals surface area contributed by atoms with Gasteiger partial charge in [-0.1, -0.05) is 11.8 Å². The van der Waals surface area contributed by atoms with Crippen molar-refractivity contribution in [3.63, 3.8) is 0 Å². The zero-order valence-electron chi connectivity index (χ0n) is 11.1. The maximum absolute atomic E-state index is 13.8. The van der Waals surface area contributed by atoms with Crippen LogP contribution in [0.2, 0.25) is 0 Å². The van der Waals surface area contributed by atoms with Crippen molar-refractivity contribution in [1.29, 1.82) is 0 Å². The first-order valence-corrected chi connectivity index (χ1v) is 6.66. The van der Waals surface area contributed by atoms with Crippen LogP contribution in [0.5, 0.6) is 0 Å². The summed E-state index contributed by atoms with van der Waals surface area (Å²) in [4.78, 5) is 11.6. The molecule has 20 heavy (non-hydrogen) atoms. The lowest BCUT2D eigenvalue weighted by atomic mass is 9.93.